The van der Waals surface area contributed by atoms with Gasteiger partial charge in [0.2, 0.25) is 0 Å². The average molecular weight is 252 g/mol. The lowest BCUT2D eigenvalue weighted by molar-refractivity contribution is -0.137. The molecule has 1 aliphatic rings. The van der Waals surface area contributed by atoms with Crippen LogP contribution in [0.25, 0.3) is 0 Å². The minimum absolute atomic E-state index is 0.221. The predicted molar refractivity (Wildman–Crippen MR) is 53.4 cm³/mol. The van der Waals surface area contributed by atoms with E-state index in [4.69, 9.17) is 4.74 Å². The maximum Gasteiger partial charge on any atom is 0.443 e. The van der Waals surface area contributed by atoms with Crippen LogP contribution in [0.4, 0.5) is 13.2 Å². The zero-order chi connectivity index (χ0) is 11.8. The van der Waals surface area contributed by atoms with Crippen LogP contribution < -0.4 is 5.32 Å². The number of aryl methyl sites for hydroxylation is 1. The summed E-state index contributed by atoms with van der Waals surface area (Å²) in [5.74, 6) is 0. The number of hydrogen-bond donors (Lipinski definition) is 1. The Hall–Kier alpha value is -0.660. The van der Waals surface area contributed by atoms with Crippen LogP contribution in [0.2, 0.25) is 0 Å². The van der Waals surface area contributed by atoms with Crippen molar-refractivity contribution in [3.63, 3.8) is 0 Å². The molecule has 90 valence electrons. The molecule has 1 saturated heterocycles. The summed E-state index contributed by atoms with van der Waals surface area (Å²) in [5.41, 5.74) is 0.456. The normalized spacial score (nSPS) is 22.4. The number of hydrogen-bond acceptors (Lipinski definition) is 4. The van der Waals surface area contributed by atoms with E-state index in [1.54, 1.807) is 6.92 Å². The number of thiazole rings is 1. The van der Waals surface area contributed by atoms with Gasteiger partial charge in [-0.2, -0.15) is 13.2 Å². The van der Waals surface area contributed by atoms with Crippen molar-refractivity contribution in [1.82, 2.24) is 10.3 Å². The Labute approximate surface area is 94.6 Å². The van der Waals surface area contributed by atoms with Crippen molar-refractivity contribution in [3.05, 3.63) is 15.6 Å². The third kappa shape index (κ3) is 2.36. The minimum atomic E-state index is -4.36. The van der Waals surface area contributed by atoms with Crippen molar-refractivity contribution < 1.29 is 17.9 Å². The number of ether oxygens (including phenoxy) is 1. The molecule has 0 bridgehead atoms. The lowest BCUT2D eigenvalue weighted by atomic mass is 10.2. The highest BCUT2D eigenvalue weighted by atomic mass is 32.1. The predicted octanol–water partition coefficient (Wildman–Crippen LogP) is 2.13. The summed E-state index contributed by atoms with van der Waals surface area (Å²) in [6, 6.07) is -0.221. The molecule has 0 aliphatic carbocycles. The SMILES string of the molecule is Cc1sc(C(F)(F)F)nc1C1COCCN1. The summed E-state index contributed by atoms with van der Waals surface area (Å²) >= 11 is 0.683. The third-order valence-electron chi connectivity index (χ3n) is 2.33. The van der Waals surface area contributed by atoms with Gasteiger partial charge in [-0.1, -0.05) is 0 Å². The monoisotopic (exact) mass is 252 g/mol. The van der Waals surface area contributed by atoms with E-state index < -0.39 is 11.2 Å². The van der Waals surface area contributed by atoms with Gasteiger partial charge < -0.3 is 10.1 Å². The first kappa shape index (κ1) is 11.8. The van der Waals surface area contributed by atoms with Crippen LogP contribution in [-0.2, 0) is 10.9 Å². The summed E-state index contributed by atoms with van der Waals surface area (Å²) in [5, 5.41) is 2.31. The Kier molecular flexibility index (Phi) is 3.18. The van der Waals surface area contributed by atoms with E-state index in [0.717, 1.165) is 0 Å². The molecule has 1 unspecified atom stereocenters. The molecule has 0 aromatic carbocycles. The standard InChI is InChI=1S/C9H11F3N2OS/c1-5-7(6-4-15-3-2-13-6)14-8(16-5)9(10,11)12/h6,13H,2-4H2,1H3. The first-order valence-electron chi connectivity index (χ1n) is 4.84. The van der Waals surface area contributed by atoms with E-state index in [9.17, 15) is 13.2 Å². The van der Waals surface area contributed by atoms with Crippen molar-refractivity contribution in [1.29, 1.82) is 0 Å². The molecule has 7 heteroatoms. The van der Waals surface area contributed by atoms with Crippen LogP contribution in [0.15, 0.2) is 0 Å². The van der Waals surface area contributed by atoms with Gasteiger partial charge in [0.1, 0.15) is 0 Å². The zero-order valence-corrected chi connectivity index (χ0v) is 9.41. The van der Waals surface area contributed by atoms with Crippen LogP contribution in [-0.4, -0.2) is 24.7 Å². The Bertz CT molecular complexity index is 371. The molecular weight excluding hydrogens is 241 g/mol. The largest absolute Gasteiger partial charge is 0.443 e. The molecular formula is C9H11F3N2OS. The maximum absolute atomic E-state index is 12.4. The van der Waals surface area contributed by atoms with Crippen molar-refractivity contribution >= 4 is 11.3 Å². The fraction of sp³-hybridized carbons (Fsp3) is 0.667. The van der Waals surface area contributed by atoms with Crippen molar-refractivity contribution in [3.8, 4) is 0 Å². The van der Waals surface area contributed by atoms with Gasteiger partial charge in [0, 0.05) is 11.4 Å². The quantitative estimate of drug-likeness (QED) is 0.831. The number of rotatable bonds is 1. The Morgan fingerprint density at radius 2 is 2.25 bits per heavy atom. The van der Waals surface area contributed by atoms with Crippen molar-refractivity contribution in [2.75, 3.05) is 19.8 Å². The lowest BCUT2D eigenvalue weighted by Crippen LogP contribution is -2.35. The van der Waals surface area contributed by atoms with Gasteiger partial charge in [-0.05, 0) is 6.92 Å². The summed E-state index contributed by atoms with van der Waals surface area (Å²) in [4.78, 5) is 4.25. The third-order valence-corrected chi connectivity index (χ3v) is 3.36. The first-order chi connectivity index (χ1) is 7.48. The molecule has 2 heterocycles. The maximum atomic E-state index is 12.4. The summed E-state index contributed by atoms with van der Waals surface area (Å²) in [7, 11) is 0. The summed E-state index contributed by atoms with van der Waals surface area (Å²) in [6.07, 6.45) is -4.36. The van der Waals surface area contributed by atoms with Crippen LogP contribution in [0, 0.1) is 6.92 Å². The van der Waals surface area contributed by atoms with E-state index >= 15 is 0 Å². The fourth-order valence-corrected chi connectivity index (χ4v) is 2.44. The van der Waals surface area contributed by atoms with Gasteiger partial charge in [-0.3, -0.25) is 0 Å². The van der Waals surface area contributed by atoms with Gasteiger partial charge in [0.25, 0.3) is 0 Å². The zero-order valence-electron chi connectivity index (χ0n) is 8.60. The summed E-state index contributed by atoms with van der Waals surface area (Å²) in [6.45, 7) is 3.26. The van der Waals surface area contributed by atoms with Crippen molar-refractivity contribution in [2.24, 2.45) is 0 Å². The van der Waals surface area contributed by atoms with Crippen LogP contribution in [0.1, 0.15) is 21.6 Å². The van der Waals surface area contributed by atoms with Crippen molar-refractivity contribution in [2.45, 2.75) is 19.1 Å². The van der Waals surface area contributed by atoms with Gasteiger partial charge in [0.15, 0.2) is 5.01 Å². The molecule has 0 saturated carbocycles. The van der Waals surface area contributed by atoms with E-state index in [-0.39, 0.29) is 6.04 Å². The number of nitrogens with zero attached hydrogens (tertiary/aromatic N) is 1. The molecule has 1 N–H and O–H groups in total. The number of halogens is 3. The van der Waals surface area contributed by atoms with Gasteiger partial charge in [-0.25, -0.2) is 4.98 Å². The van der Waals surface area contributed by atoms with Crippen LogP contribution in [0.3, 0.4) is 0 Å². The number of aromatic nitrogens is 1. The summed E-state index contributed by atoms with van der Waals surface area (Å²) < 4.78 is 42.5. The Morgan fingerprint density at radius 1 is 1.50 bits per heavy atom. The number of morpholine rings is 1. The minimum Gasteiger partial charge on any atom is -0.378 e. The second-order valence-corrected chi connectivity index (χ2v) is 4.74. The first-order valence-corrected chi connectivity index (χ1v) is 5.66. The molecule has 1 aromatic rings. The highest BCUT2D eigenvalue weighted by Crippen LogP contribution is 2.35. The molecule has 0 amide bonds. The highest BCUT2D eigenvalue weighted by Gasteiger charge is 2.36. The van der Waals surface area contributed by atoms with E-state index in [1.807, 2.05) is 0 Å². The molecule has 1 atom stereocenters. The molecule has 1 aromatic heterocycles. The number of alkyl halides is 3. The molecule has 0 radical (unpaired) electrons. The topological polar surface area (TPSA) is 34.1 Å². The van der Waals surface area contributed by atoms with E-state index in [2.05, 4.69) is 10.3 Å². The van der Waals surface area contributed by atoms with Crippen LogP contribution >= 0.6 is 11.3 Å². The second kappa shape index (κ2) is 4.31. The lowest BCUT2D eigenvalue weighted by Gasteiger charge is -2.22. The molecule has 1 fully saturated rings. The van der Waals surface area contributed by atoms with Gasteiger partial charge in [-0.15, -0.1) is 11.3 Å². The Morgan fingerprint density at radius 3 is 2.75 bits per heavy atom. The fourth-order valence-electron chi connectivity index (χ4n) is 1.59. The molecule has 2 rings (SSSR count). The van der Waals surface area contributed by atoms with E-state index in [0.29, 0.717) is 41.7 Å². The van der Waals surface area contributed by atoms with Crippen LogP contribution in [0.5, 0.6) is 0 Å². The van der Waals surface area contributed by atoms with E-state index in [1.165, 1.54) is 0 Å². The second-order valence-electron chi connectivity index (χ2n) is 3.54. The van der Waals surface area contributed by atoms with Gasteiger partial charge >= 0.3 is 6.18 Å². The molecule has 16 heavy (non-hydrogen) atoms. The smallest absolute Gasteiger partial charge is 0.378 e. The molecule has 1 aliphatic heterocycles. The average Bonchev–Trinajstić information content (AvgIpc) is 2.61. The number of nitrogens with one attached hydrogen (secondary N) is 1. The van der Waals surface area contributed by atoms with Gasteiger partial charge in [0.05, 0.1) is 24.9 Å². The molecule has 0 spiro atoms. The molecule has 3 nitrogen and oxygen atoms in total. The highest BCUT2D eigenvalue weighted by molar-refractivity contribution is 7.11. The Balaban J connectivity index is 2.24.